The van der Waals surface area contributed by atoms with Crippen LogP contribution in [0.25, 0.3) is 0 Å². The molecule has 0 radical (unpaired) electrons. The van der Waals surface area contributed by atoms with Gasteiger partial charge in [-0.25, -0.2) is 8.42 Å². The van der Waals surface area contributed by atoms with Gasteiger partial charge < -0.3 is 10.4 Å². The number of rotatable bonds is 7. The molecular formula is C21H27N3O5S. The fourth-order valence-corrected chi connectivity index (χ4v) is 5.45. The Hall–Kier alpha value is -2.65. The summed E-state index contributed by atoms with van der Waals surface area (Å²) in [6, 6.07) is 10.4. The van der Waals surface area contributed by atoms with Gasteiger partial charge in [0.2, 0.25) is 10.0 Å². The third kappa shape index (κ3) is 4.57. The molecule has 1 saturated heterocycles. The molecule has 0 amide bonds. The van der Waals surface area contributed by atoms with Crippen molar-refractivity contribution < 1.29 is 18.4 Å². The Morgan fingerprint density at radius 2 is 2.03 bits per heavy atom. The lowest BCUT2D eigenvalue weighted by Gasteiger charge is -2.30. The molecular weight excluding hydrogens is 406 g/mol. The fraction of sp³-hybridized carbons (Fsp3) is 0.429. The minimum atomic E-state index is -3.80. The van der Waals surface area contributed by atoms with Gasteiger partial charge in [-0.3, -0.25) is 10.1 Å². The van der Waals surface area contributed by atoms with Crippen LogP contribution < -0.4 is 5.32 Å². The maximum atomic E-state index is 13.0. The van der Waals surface area contributed by atoms with Gasteiger partial charge in [0.15, 0.2) is 0 Å². The van der Waals surface area contributed by atoms with Crippen molar-refractivity contribution in [2.24, 2.45) is 5.92 Å². The summed E-state index contributed by atoms with van der Waals surface area (Å²) in [7, 11) is -3.80. The van der Waals surface area contributed by atoms with E-state index in [1.165, 1.54) is 16.4 Å². The van der Waals surface area contributed by atoms with E-state index in [0.717, 1.165) is 18.9 Å². The van der Waals surface area contributed by atoms with Crippen LogP contribution in [0.5, 0.6) is 5.75 Å². The molecule has 1 heterocycles. The van der Waals surface area contributed by atoms with Gasteiger partial charge in [0.25, 0.3) is 5.69 Å². The Morgan fingerprint density at radius 3 is 2.67 bits per heavy atom. The number of phenols is 1. The van der Waals surface area contributed by atoms with Crippen LogP contribution in [0.15, 0.2) is 47.4 Å². The zero-order chi connectivity index (χ0) is 21.9. The average Bonchev–Trinajstić information content (AvgIpc) is 2.72. The monoisotopic (exact) mass is 433 g/mol. The Kier molecular flexibility index (Phi) is 6.62. The molecule has 1 fully saturated rings. The molecule has 0 aromatic heterocycles. The summed E-state index contributed by atoms with van der Waals surface area (Å²) in [6.07, 6.45) is 2.32. The highest BCUT2D eigenvalue weighted by Gasteiger charge is 2.31. The minimum Gasteiger partial charge on any atom is -0.508 e. The van der Waals surface area contributed by atoms with E-state index in [1.807, 2.05) is 13.8 Å². The number of nitrogens with zero attached hydrogens (tertiary/aromatic N) is 2. The molecule has 1 aliphatic rings. The number of hydrogen-bond donors (Lipinski definition) is 2. The Bertz CT molecular complexity index is 1030. The van der Waals surface area contributed by atoms with Crippen LogP contribution in [0.4, 0.5) is 11.4 Å². The summed E-state index contributed by atoms with van der Waals surface area (Å²) in [5, 5.41) is 24.9. The first-order chi connectivity index (χ1) is 14.2. The first-order valence-electron chi connectivity index (χ1n) is 10.1. The van der Waals surface area contributed by atoms with E-state index in [2.05, 4.69) is 5.32 Å². The molecule has 0 saturated carbocycles. The molecule has 2 aromatic carbocycles. The van der Waals surface area contributed by atoms with Gasteiger partial charge in [-0.15, -0.1) is 0 Å². The number of nitro benzene ring substituents is 1. The summed E-state index contributed by atoms with van der Waals surface area (Å²) in [4.78, 5) is 11.0. The molecule has 0 bridgehead atoms. The summed E-state index contributed by atoms with van der Waals surface area (Å²) >= 11 is 0. The highest BCUT2D eigenvalue weighted by atomic mass is 32.2. The zero-order valence-corrected chi connectivity index (χ0v) is 17.9. The maximum Gasteiger partial charge on any atom is 0.293 e. The number of nitro groups is 1. The van der Waals surface area contributed by atoms with E-state index in [1.54, 1.807) is 24.3 Å². The topological polar surface area (TPSA) is 113 Å². The second kappa shape index (κ2) is 9.01. The van der Waals surface area contributed by atoms with E-state index >= 15 is 0 Å². The van der Waals surface area contributed by atoms with Crippen molar-refractivity contribution in [1.29, 1.82) is 0 Å². The van der Waals surface area contributed by atoms with Crippen molar-refractivity contribution in [3.63, 3.8) is 0 Å². The quantitative estimate of drug-likeness (QED) is 0.498. The first-order valence-corrected chi connectivity index (χ1v) is 11.5. The van der Waals surface area contributed by atoms with E-state index in [4.69, 9.17) is 0 Å². The van der Waals surface area contributed by atoms with Gasteiger partial charge in [0.05, 0.1) is 15.9 Å². The summed E-state index contributed by atoms with van der Waals surface area (Å²) in [5.74, 6) is 0.353. The molecule has 0 unspecified atom stereocenters. The number of sulfonamides is 1. The van der Waals surface area contributed by atoms with E-state index in [0.29, 0.717) is 25.1 Å². The number of para-hydroxylation sites is 1. The molecule has 9 heteroatoms. The lowest BCUT2D eigenvalue weighted by Crippen LogP contribution is -2.39. The van der Waals surface area contributed by atoms with Gasteiger partial charge in [-0.1, -0.05) is 32.0 Å². The van der Waals surface area contributed by atoms with Crippen molar-refractivity contribution in [3.05, 3.63) is 58.1 Å². The molecule has 8 nitrogen and oxygen atoms in total. The zero-order valence-electron chi connectivity index (χ0n) is 17.1. The van der Waals surface area contributed by atoms with Gasteiger partial charge in [0, 0.05) is 24.7 Å². The lowest BCUT2D eigenvalue weighted by molar-refractivity contribution is -0.384. The highest BCUT2D eigenvalue weighted by molar-refractivity contribution is 7.89. The molecule has 2 aromatic rings. The molecule has 162 valence electrons. The molecule has 0 spiro atoms. The predicted octanol–water partition coefficient (Wildman–Crippen LogP) is 4.28. The van der Waals surface area contributed by atoms with Crippen LogP contribution in [0.1, 0.15) is 44.7 Å². The van der Waals surface area contributed by atoms with Crippen LogP contribution >= 0.6 is 0 Å². The van der Waals surface area contributed by atoms with Crippen LogP contribution in [-0.2, 0) is 10.0 Å². The number of nitrogens with one attached hydrogen (secondary N) is 1. The van der Waals surface area contributed by atoms with Crippen LogP contribution in [0, 0.1) is 16.0 Å². The van der Waals surface area contributed by atoms with Crippen molar-refractivity contribution in [2.75, 3.05) is 18.4 Å². The standard InChI is InChI=1S/C21H27N3O5S/c1-3-18(17-8-4-5-9-21(17)25)22-19-11-10-16(13-20(19)24(26)27)30(28,29)23-12-6-7-15(2)14-23/h4-5,8-11,13,15,18,22,25H,3,6-7,12,14H2,1-2H3/t15-,18+/m0/s1. The number of hydrogen-bond acceptors (Lipinski definition) is 6. The largest absolute Gasteiger partial charge is 0.508 e. The van der Waals surface area contributed by atoms with E-state index in [-0.39, 0.29) is 34.0 Å². The first kappa shape index (κ1) is 22.0. The Balaban J connectivity index is 1.94. The third-order valence-electron chi connectivity index (χ3n) is 5.47. The van der Waals surface area contributed by atoms with Crippen LogP contribution in [0.2, 0.25) is 0 Å². The average molecular weight is 434 g/mol. The van der Waals surface area contributed by atoms with Crippen LogP contribution in [0.3, 0.4) is 0 Å². The minimum absolute atomic E-state index is 0.0792. The SMILES string of the molecule is CC[C@@H](Nc1ccc(S(=O)(=O)N2CCC[C@H](C)C2)cc1[N+](=O)[O-])c1ccccc1O. The number of aromatic hydroxyl groups is 1. The predicted molar refractivity (Wildman–Crippen MR) is 115 cm³/mol. The number of piperidine rings is 1. The Morgan fingerprint density at radius 1 is 1.30 bits per heavy atom. The fourth-order valence-electron chi connectivity index (χ4n) is 3.83. The molecule has 30 heavy (non-hydrogen) atoms. The molecule has 1 aliphatic heterocycles. The van der Waals surface area contributed by atoms with E-state index < -0.39 is 14.9 Å². The summed E-state index contributed by atoms with van der Waals surface area (Å²) in [5.41, 5.74) is 0.518. The molecule has 2 N–H and O–H groups in total. The molecule has 0 aliphatic carbocycles. The maximum absolute atomic E-state index is 13.0. The van der Waals surface area contributed by atoms with Crippen molar-refractivity contribution in [2.45, 2.75) is 44.0 Å². The number of anilines is 1. The van der Waals surface area contributed by atoms with Crippen LogP contribution in [-0.4, -0.2) is 35.8 Å². The number of phenolic OH excluding ortho intramolecular Hbond substituents is 1. The van der Waals surface area contributed by atoms with Crippen molar-refractivity contribution in [3.8, 4) is 5.75 Å². The number of benzene rings is 2. The second-order valence-corrected chi connectivity index (χ2v) is 9.65. The normalized spacial score (nSPS) is 18.7. The van der Waals surface area contributed by atoms with E-state index in [9.17, 15) is 23.6 Å². The second-order valence-electron chi connectivity index (χ2n) is 7.71. The summed E-state index contributed by atoms with van der Waals surface area (Å²) < 4.78 is 27.4. The Labute approximate surface area is 176 Å². The smallest absolute Gasteiger partial charge is 0.293 e. The van der Waals surface area contributed by atoms with Gasteiger partial charge in [-0.2, -0.15) is 4.31 Å². The molecule has 3 rings (SSSR count). The van der Waals surface area contributed by atoms with Gasteiger partial charge >= 0.3 is 0 Å². The summed E-state index contributed by atoms with van der Waals surface area (Å²) in [6.45, 7) is 4.74. The highest BCUT2D eigenvalue weighted by Crippen LogP contribution is 2.35. The van der Waals surface area contributed by atoms with Gasteiger partial charge in [0.1, 0.15) is 11.4 Å². The van der Waals surface area contributed by atoms with Crippen molar-refractivity contribution in [1.82, 2.24) is 4.31 Å². The van der Waals surface area contributed by atoms with Crippen molar-refractivity contribution >= 4 is 21.4 Å². The lowest BCUT2D eigenvalue weighted by atomic mass is 10.0. The molecule has 2 atom stereocenters. The third-order valence-corrected chi connectivity index (χ3v) is 7.33. The van der Waals surface area contributed by atoms with Gasteiger partial charge in [-0.05, 0) is 43.4 Å².